The molecule has 7 heteroatoms. The molecule has 0 bridgehead atoms. The van der Waals surface area contributed by atoms with E-state index < -0.39 is 0 Å². The van der Waals surface area contributed by atoms with Crippen LogP contribution in [0.4, 0.5) is 5.69 Å². The Labute approximate surface area is 174 Å². The van der Waals surface area contributed by atoms with E-state index in [-0.39, 0.29) is 5.56 Å². The first kappa shape index (κ1) is 19.7. The van der Waals surface area contributed by atoms with Crippen LogP contribution in [-0.4, -0.2) is 26.2 Å². The topological polar surface area (TPSA) is 84.3 Å². The number of anilines is 1. The first-order valence-corrected chi connectivity index (χ1v) is 10.1. The van der Waals surface area contributed by atoms with Gasteiger partial charge in [0.2, 0.25) is 0 Å². The van der Waals surface area contributed by atoms with Crippen LogP contribution in [0.3, 0.4) is 0 Å². The number of nitrogens with one attached hydrogen (secondary N) is 2. The molecule has 0 fully saturated rings. The van der Waals surface area contributed by atoms with Crippen LogP contribution in [-0.2, 0) is 13.0 Å². The number of aromatic amines is 1. The SMILES string of the molecule is CCOc1ccccc1NCc1cc(=O)n2[nH]c(-c3ccc(C)c(CC)c3)nc2n1. The Morgan fingerprint density at radius 2 is 1.93 bits per heavy atom. The molecular weight excluding hydrogens is 378 g/mol. The highest BCUT2D eigenvalue weighted by Gasteiger charge is 2.11. The smallest absolute Gasteiger partial charge is 0.274 e. The first-order chi connectivity index (χ1) is 14.6. The molecule has 0 saturated carbocycles. The Bertz CT molecular complexity index is 1240. The molecule has 2 aromatic heterocycles. The van der Waals surface area contributed by atoms with Crippen LogP contribution in [0.1, 0.15) is 30.7 Å². The summed E-state index contributed by atoms with van der Waals surface area (Å²) < 4.78 is 7.01. The van der Waals surface area contributed by atoms with Gasteiger partial charge in [-0.2, -0.15) is 9.50 Å². The number of rotatable bonds is 7. The first-order valence-electron chi connectivity index (χ1n) is 10.1. The lowest BCUT2D eigenvalue weighted by atomic mass is 10.0. The van der Waals surface area contributed by atoms with Crippen molar-refractivity contribution in [3.8, 4) is 17.1 Å². The Hall–Kier alpha value is -3.61. The molecule has 2 heterocycles. The van der Waals surface area contributed by atoms with Crippen LogP contribution >= 0.6 is 0 Å². The maximum Gasteiger partial charge on any atom is 0.274 e. The zero-order valence-electron chi connectivity index (χ0n) is 17.4. The van der Waals surface area contributed by atoms with Crippen LogP contribution in [0, 0.1) is 6.92 Å². The van der Waals surface area contributed by atoms with Gasteiger partial charge >= 0.3 is 0 Å². The predicted octanol–water partition coefficient (Wildman–Crippen LogP) is 3.97. The van der Waals surface area contributed by atoms with E-state index in [1.807, 2.05) is 37.3 Å². The summed E-state index contributed by atoms with van der Waals surface area (Å²) in [7, 11) is 0. The number of H-pyrrole nitrogens is 1. The molecule has 30 heavy (non-hydrogen) atoms. The molecule has 0 amide bonds. The van der Waals surface area contributed by atoms with Gasteiger partial charge in [0.25, 0.3) is 11.3 Å². The number of ether oxygens (including phenoxy) is 1. The van der Waals surface area contributed by atoms with Crippen molar-refractivity contribution in [1.82, 2.24) is 19.6 Å². The van der Waals surface area contributed by atoms with Crippen LogP contribution in [0.2, 0.25) is 0 Å². The molecule has 0 atom stereocenters. The van der Waals surface area contributed by atoms with Gasteiger partial charge in [-0.05, 0) is 49.6 Å². The molecule has 0 radical (unpaired) electrons. The molecular formula is C23H25N5O2. The summed E-state index contributed by atoms with van der Waals surface area (Å²) in [5.41, 5.74) is 4.71. The normalized spacial score (nSPS) is 11.0. The standard InChI is InChI=1S/C23H25N5O2/c1-4-16-12-17(11-10-15(16)3)22-26-23-25-18(13-21(29)28(23)27-22)14-24-19-8-6-7-9-20(19)30-5-2/h6-13,24H,4-5,14H2,1-3H3,(H,25,26,27). The van der Waals surface area contributed by atoms with Gasteiger partial charge in [0.1, 0.15) is 5.75 Å². The van der Waals surface area contributed by atoms with Crippen LogP contribution < -0.4 is 15.6 Å². The maximum absolute atomic E-state index is 12.6. The average molecular weight is 403 g/mol. The molecule has 0 unspecified atom stereocenters. The highest BCUT2D eigenvalue weighted by atomic mass is 16.5. The van der Waals surface area contributed by atoms with Gasteiger partial charge in [-0.3, -0.25) is 9.89 Å². The number of aryl methyl sites for hydroxylation is 2. The minimum absolute atomic E-state index is 0.198. The molecule has 4 aromatic rings. The highest BCUT2D eigenvalue weighted by Crippen LogP contribution is 2.24. The number of hydrogen-bond donors (Lipinski definition) is 2. The summed E-state index contributed by atoms with van der Waals surface area (Å²) in [6.07, 6.45) is 0.942. The fourth-order valence-corrected chi connectivity index (χ4v) is 3.43. The third kappa shape index (κ3) is 3.91. The summed E-state index contributed by atoms with van der Waals surface area (Å²) >= 11 is 0. The zero-order chi connectivity index (χ0) is 21.1. The summed E-state index contributed by atoms with van der Waals surface area (Å²) in [5, 5.41) is 6.36. The quantitative estimate of drug-likeness (QED) is 0.488. The summed E-state index contributed by atoms with van der Waals surface area (Å²) in [4.78, 5) is 21.7. The number of benzene rings is 2. The number of hydrogen-bond acceptors (Lipinski definition) is 5. The lowest BCUT2D eigenvalue weighted by Gasteiger charge is -2.11. The van der Waals surface area contributed by atoms with Gasteiger partial charge in [0.15, 0.2) is 5.82 Å². The molecule has 0 aliphatic rings. The second-order valence-electron chi connectivity index (χ2n) is 7.07. The number of aromatic nitrogens is 4. The molecule has 0 aliphatic carbocycles. The van der Waals surface area contributed by atoms with Crippen LogP contribution in [0.25, 0.3) is 17.2 Å². The summed E-state index contributed by atoms with van der Waals surface area (Å²) in [6, 6.07) is 15.4. The van der Waals surface area contributed by atoms with Crippen LogP contribution in [0.5, 0.6) is 5.75 Å². The van der Waals surface area contributed by atoms with Crippen LogP contribution in [0.15, 0.2) is 53.3 Å². The second kappa shape index (κ2) is 8.41. The van der Waals surface area contributed by atoms with E-state index in [4.69, 9.17) is 4.74 Å². The van der Waals surface area contributed by atoms with Crippen molar-refractivity contribution in [3.63, 3.8) is 0 Å². The third-order valence-electron chi connectivity index (χ3n) is 5.03. The van der Waals surface area contributed by atoms with Gasteiger partial charge in [-0.15, -0.1) is 0 Å². The molecule has 0 saturated heterocycles. The van der Waals surface area contributed by atoms with E-state index in [2.05, 4.69) is 46.4 Å². The monoisotopic (exact) mass is 403 g/mol. The van der Waals surface area contributed by atoms with Crippen molar-refractivity contribution >= 4 is 11.5 Å². The van der Waals surface area contributed by atoms with Crippen molar-refractivity contribution in [3.05, 3.63) is 75.7 Å². The maximum atomic E-state index is 12.6. The highest BCUT2D eigenvalue weighted by molar-refractivity contribution is 5.59. The van der Waals surface area contributed by atoms with Crippen molar-refractivity contribution in [1.29, 1.82) is 0 Å². The average Bonchev–Trinajstić information content (AvgIpc) is 3.18. The number of fused-ring (bicyclic) bond motifs is 1. The van der Waals surface area contributed by atoms with E-state index in [1.165, 1.54) is 21.7 Å². The lowest BCUT2D eigenvalue weighted by molar-refractivity contribution is 0.341. The van der Waals surface area contributed by atoms with E-state index in [0.29, 0.717) is 30.4 Å². The fraction of sp³-hybridized carbons (Fsp3) is 0.261. The molecule has 2 N–H and O–H groups in total. The van der Waals surface area contributed by atoms with E-state index >= 15 is 0 Å². The molecule has 0 aliphatic heterocycles. The number of nitrogens with zero attached hydrogens (tertiary/aromatic N) is 3. The summed E-state index contributed by atoms with van der Waals surface area (Å²) in [6.45, 7) is 7.14. The lowest BCUT2D eigenvalue weighted by Crippen LogP contribution is -2.17. The van der Waals surface area contributed by atoms with E-state index in [1.54, 1.807) is 0 Å². The minimum Gasteiger partial charge on any atom is -0.492 e. The Balaban J connectivity index is 1.62. The predicted molar refractivity (Wildman–Crippen MR) is 118 cm³/mol. The van der Waals surface area contributed by atoms with Gasteiger partial charge in [-0.1, -0.05) is 31.2 Å². The molecule has 0 spiro atoms. The van der Waals surface area contributed by atoms with Crippen molar-refractivity contribution < 1.29 is 4.74 Å². The molecule has 7 nitrogen and oxygen atoms in total. The molecule has 2 aromatic carbocycles. The van der Waals surface area contributed by atoms with Gasteiger partial charge < -0.3 is 10.1 Å². The minimum atomic E-state index is -0.198. The Kier molecular flexibility index (Phi) is 5.52. The van der Waals surface area contributed by atoms with Gasteiger partial charge in [0, 0.05) is 11.6 Å². The second-order valence-corrected chi connectivity index (χ2v) is 7.07. The fourth-order valence-electron chi connectivity index (χ4n) is 3.43. The van der Waals surface area contributed by atoms with Gasteiger partial charge in [-0.25, -0.2) is 4.98 Å². The van der Waals surface area contributed by atoms with Crippen molar-refractivity contribution in [2.24, 2.45) is 0 Å². The molecule has 154 valence electrons. The van der Waals surface area contributed by atoms with E-state index in [0.717, 1.165) is 23.4 Å². The summed E-state index contributed by atoms with van der Waals surface area (Å²) in [5.74, 6) is 1.75. The Morgan fingerprint density at radius 1 is 1.10 bits per heavy atom. The van der Waals surface area contributed by atoms with Crippen molar-refractivity contribution in [2.45, 2.75) is 33.7 Å². The molecule has 4 rings (SSSR count). The van der Waals surface area contributed by atoms with Gasteiger partial charge in [0.05, 0.1) is 24.5 Å². The van der Waals surface area contributed by atoms with E-state index in [9.17, 15) is 4.79 Å². The number of para-hydroxylation sites is 2. The largest absolute Gasteiger partial charge is 0.492 e. The zero-order valence-corrected chi connectivity index (χ0v) is 17.4. The third-order valence-corrected chi connectivity index (χ3v) is 5.03. The Morgan fingerprint density at radius 3 is 2.73 bits per heavy atom. The van der Waals surface area contributed by atoms with Crippen molar-refractivity contribution in [2.75, 3.05) is 11.9 Å².